The molecule has 0 spiro atoms. The molecule has 7 heteroatoms. The topological polar surface area (TPSA) is 95.1 Å². The Kier molecular flexibility index (Phi) is 4.67. The molecule has 1 heterocycles. The molecule has 0 radical (unpaired) electrons. The molecule has 3 N–H and O–H groups in total. The monoisotopic (exact) mass is 275 g/mol. The minimum absolute atomic E-state index is 0.0974. The molecule has 7 nitrogen and oxygen atoms in total. The largest absolute Gasteiger partial charge is 0.494 e. The third kappa shape index (κ3) is 3.79. The maximum Gasteiger partial charge on any atom is 0.246 e. The molecule has 0 fully saturated rings. The van der Waals surface area contributed by atoms with Gasteiger partial charge in [-0.1, -0.05) is 5.21 Å². The average molecular weight is 275 g/mol. The molecule has 106 valence electrons. The van der Waals surface area contributed by atoms with Gasteiger partial charge in [0.25, 0.3) is 0 Å². The number of nitrogens with two attached hydrogens (primary N) is 1. The fourth-order valence-corrected chi connectivity index (χ4v) is 1.66. The van der Waals surface area contributed by atoms with E-state index in [-0.39, 0.29) is 12.5 Å². The predicted octanol–water partition coefficient (Wildman–Crippen LogP) is 0.774. The van der Waals surface area contributed by atoms with Gasteiger partial charge in [0, 0.05) is 12.2 Å². The summed E-state index contributed by atoms with van der Waals surface area (Å²) in [5.74, 6) is 0.594. The van der Waals surface area contributed by atoms with Gasteiger partial charge in [0.2, 0.25) is 5.91 Å². The molecule has 0 aliphatic rings. The molecule has 1 aromatic carbocycles. The molecule has 1 aromatic heterocycles. The van der Waals surface area contributed by atoms with Crippen molar-refractivity contribution in [3.63, 3.8) is 0 Å². The van der Waals surface area contributed by atoms with E-state index in [0.717, 1.165) is 5.75 Å². The highest BCUT2D eigenvalue weighted by Crippen LogP contribution is 2.15. The van der Waals surface area contributed by atoms with Crippen LogP contribution in [0.1, 0.15) is 12.6 Å². The molecule has 0 aliphatic carbocycles. The number of aromatic nitrogens is 3. The Balaban J connectivity index is 1.90. The number of nitrogens with zero attached hydrogens (tertiary/aromatic N) is 3. The number of rotatable bonds is 6. The van der Waals surface area contributed by atoms with Crippen LogP contribution < -0.4 is 15.8 Å². The summed E-state index contributed by atoms with van der Waals surface area (Å²) in [5.41, 5.74) is 6.79. The number of carbonyl (C=O) groups excluding carboxylic acids is 1. The summed E-state index contributed by atoms with van der Waals surface area (Å²) >= 11 is 0. The Bertz CT molecular complexity index is 564. The number of anilines is 1. The third-order valence-corrected chi connectivity index (χ3v) is 2.55. The quantitative estimate of drug-likeness (QED) is 0.812. The van der Waals surface area contributed by atoms with E-state index in [1.165, 1.54) is 4.68 Å². The molecule has 0 saturated carbocycles. The number of benzene rings is 1. The molecule has 2 rings (SSSR count). The van der Waals surface area contributed by atoms with Crippen LogP contribution in [0, 0.1) is 0 Å². The van der Waals surface area contributed by atoms with E-state index in [9.17, 15) is 4.79 Å². The van der Waals surface area contributed by atoms with Gasteiger partial charge in [-0.3, -0.25) is 4.79 Å². The van der Waals surface area contributed by atoms with Crippen molar-refractivity contribution in [3.8, 4) is 5.75 Å². The standard InChI is InChI=1S/C13H17N5O2/c1-2-20-12-5-3-10(4-6-12)15-13(19)9-18-8-11(7-14)16-17-18/h3-6,8H,2,7,9,14H2,1H3,(H,15,19). The normalized spacial score (nSPS) is 10.3. The fourth-order valence-electron chi connectivity index (χ4n) is 1.66. The van der Waals surface area contributed by atoms with E-state index in [4.69, 9.17) is 10.5 Å². The number of carbonyl (C=O) groups is 1. The van der Waals surface area contributed by atoms with Gasteiger partial charge in [0.15, 0.2) is 0 Å². The summed E-state index contributed by atoms with van der Waals surface area (Å²) < 4.78 is 6.78. The lowest BCUT2D eigenvalue weighted by Gasteiger charge is -2.06. The minimum atomic E-state index is -0.178. The van der Waals surface area contributed by atoms with E-state index in [1.54, 1.807) is 30.5 Å². The lowest BCUT2D eigenvalue weighted by atomic mass is 10.3. The highest BCUT2D eigenvalue weighted by atomic mass is 16.5. The molecule has 0 aliphatic heterocycles. The van der Waals surface area contributed by atoms with Gasteiger partial charge >= 0.3 is 0 Å². The van der Waals surface area contributed by atoms with Crippen LogP contribution in [-0.4, -0.2) is 27.5 Å². The number of hydrogen-bond donors (Lipinski definition) is 2. The molecule has 0 bridgehead atoms. The zero-order valence-electron chi connectivity index (χ0n) is 11.2. The van der Waals surface area contributed by atoms with Gasteiger partial charge in [-0.25, -0.2) is 4.68 Å². The van der Waals surface area contributed by atoms with Crippen molar-refractivity contribution in [1.82, 2.24) is 15.0 Å². The third-order valence-electron chi connectivity index (χ3n) is 2.55. The molecule has 0 unspecified atom stereocenters. The molecule has 0 saturated heterocycles. The van der Waals surface area contributed by atoms with Crippen LogP contribution in [0.5, 0.6) is 5.75 Å². The molecule has 1 amide bonds. The predicted molar refractivity (Wildman–Crippen MR) is 74.2 cm³/mol. The lowest BCUT2D eigenvalue weighted by Crippen LogP contribution is -2.19. The van der Waals surface area contributed by atoms with Crippen molar-refractivity contribution >= 4 is 11.6 Å². The van der Waals surface area contributed by atoms with Crippen LogP contribution in [-0.2, 0) is 17.9 Å². The highest BCUT2D eigenvalue weighted by Gasteiger charge is 2.06. The van der Waals surface area contributed by atoms with Crippen molar-refractivity contribution < 1.29 is 9.53 Å². The number of hydrogen-bond acceptors (Lipinski definition) is 5. The van der Waals surface area contributed by atoms with Crippen LogP contribution in [0.25, 0.3) is 0 Å². The summed E-state index contributed by atoms with van der Waals surface area (Å²) in [6.45, 7) is 2.94. The number of nitrogens with one attached hydrogen (secondary N) is 1. The zero-order chi connectivity index (χ0) is 14.4. The first-order chi connectivity index (χ1) is 9.71. The van der Waals surface area contributed by atoms with Gasteiger partial charge in [-0.2, -0.15) is 0 Å². The van der Waals surface area contributed by atoms with Crippen molar-refractivity contribution in [2.45, 2.75) is 20.0 Å². The fraction of sp³-hybridized carbons (Fsp3) is 0.308. The van der Waals surface area contributed by atoms with E-state index in [1.807, 2.05) is 6.92 Å². The second kappa shape index (κ2) is 6.67. The van der Waals surface area contributed by atoms with Crippen molar-refractivity contribution in [1.29, 1.82) is 0 Å². The summed E-state index contributed by atoms with van der Waals surface area (Å²) in [7, 11) is 0. The smallest absolute Gasteiger partial charge is 0.246 e. The van der Waals surface area contributed by atoms with Crippen LogP contribution in [0.4, 0.5) is 5.69 Å². The first kappa shape index (κ1) is 14.0. The van der Waals surface area contributed by atoms with Crippen LogP contribution in [0.3, 0.4) is 0 Å². The molecule has 2 aromatic rings. The maximum atomic E-state index is 11.8. The van der Waals surface area contributed by atoms with Gasteiger partial charge in [0.05, 0.1) is 18.5 Å². The zero-order valence-corrected chi connectivity index (χ0v) is 11.2. The Morgan fingerprint density at radius 3 is 2.75 bits per heavy atom. The SMILES string of the molecule is CCOc1ccc(NC(=O)Cn2cc(CN)nn2)cc1. The van der Waals surface area contributed by atoms with Gasteiger partial charge in [0.1, 0.15) is 12.3 Å². The second-order valence-electron chi connectivity index (χ2n) is 4.12. The van der Waals surface area contributed by atoms with Crippen molar-refractivity contribution in [2.24, 2.45) is 5.73 Å². The van der Waals surface area contributed by atoms with E-state index < -0.39 is 0 Å². The van der Waals surface area contributed by atoms with E-state index >= 15 is 0 Å². The summed E-state index contributed by atoms with van der Waals surface area (Å²) in [6, 6.07) is 7.19. The van der Waals surface area contributed by atoms with Crippen LogP contribution in [0.2, 0.25) is 0 Å². The summed E-state index contributed by atoms with van der Waals surface area (Å²) in [6.07, 6.45) is 1.65. The highest BCUT2D eigenvalue weighted by molar-refractivity contribution is 5.90. The second-order valence-corrected chi connectivity index (χ2v) is 4.12. The van der Waals surface area contributed by atoms with Gasteiger partial charge in [-0.15, -0.1) is 5.10 Å². The Labute approximate surface area is 116 Å². The van der Waals surface area contributed by atoms with Gasteiger partial charge in [-0.05, 0) is 31.2 Å². The first-order valence-corrected chi connectivity index (χ1v) is 6.33. The minimum Gasteiger partial charge on any atom is -0.494 e. The van der Waals surface area contributed by atoms with Crippen LogP contribution in [0.15, 0.2) is 30.5 Å². The van der Waals surface area contributed by atoms with Crippen molar-refractivity contribution in [3.05, 3.63) is 36.2 Å². The van der Waals surface area contributed by atoms with Gasteiger partial charge < -0.3 is 15.8 Å². The average Bonchev–Trinajstić information content (AvgIpc) is 2.89. The maximum absolute atomic E-state index is 11.8. The lowest BCUT2D eigenvalue weighted by molar-refractivity contribution is -0.116. The number of ether oxygens (including phenoxy) is 1. The Morgan fingerprint density at radius 1 is 1.40 bits per heavy atom. The van der Waals surface area contributed by atoms with Crippen LogP contribution >= 0.6 is 0 Å². The Morgan fingerprint density at radius 2 is 2.15 bits per heavy atom. The van der Waals surface area contributed by atoms with Crippen molar-refractivity contribution in [2.75, 3.05) is 11.9 Å². The Hall–Kier alpha value is -2.41. The summed E-state index contributed by atoms with van der Waals surface area (Å²) in [5, 5.41) is 10.4. The van der Waals surface area contributed by atoms with E-state index in [0.29, 0.717) is 24.5 Å². The number of amides is 1. The first-order valence-electron chi connectivity index (χ1n) is 6.33. The molecular weight excluding hydrogens is 258 g/mol. The molecule has 20 heavy (non-hydrogen) atoms. The summed E-state index contributed by atoms with van der Waals surface area (Å²) in [4.78, 5) is 11.8. The van der Waals surface area contributed by atoms with E-state index in [2.05, 4.69) is 15.6 Å². The molecule has 0 atom stereocenters. The molecular formula is C13H17N5O2.